The Morgan fingerprint density at radius 2 is 1.73 bits per heavy atom. The fraction of sp³-hybridized carbons (Fsp3) is 0.241. The van der Waals surface area contributed by atoms with Gasteiger partial charge >= 0.3 is 6.09 Å². The van der Waals surface area contributed by atoms with Gasteiger partial charge in [0.2, 0.25) is 0 Å². The summed E-state index contributed by atoms with van der Waals surface area (Å²) in [5, 5.41) is 7.01. The van der Waals surface area contributed by atoms with E-state index in [4.69, 9.17) is 9.72 Å². The van der Waals surface area contributed by atoms with Crippen LogP contribution in [-0.4, -0.2) is 23.7 Å². The van der Waals surface area contributed by atoms with Gasteiger partial charge in [0.05, 0.1) is 4.88 Å². The summed E-state index contributed by atoms with van der Waals surface area (Å²) in [6, 6.07) is 21.8. The van der Waals surface area contributed by atoms with Crippen LogP contribution in [0, 0.1) is 6.92 Å². The zero-order chi connectivity index (χ0) is 26.4. The summed E-state index contributed by atoms with van der Waals surface area (Å²) in [6.45, 7) is 8.67. The second kappa shape index (κ2) is 11.8. The molecule has 0 saturated heterocycles. The molecule has 192 valence electrons. The van der Waals surface area contributed by atoms with E-state index in [-0.39, 0.29) is 12.1 Å². The number of hydrogen-bond donors (Lipinski definition) is 3. The predicted octanol–water partition coefficient (Wildman–Crippen LogP) is 7.97. The molecule has 0 spiro atoms. The molecular weight excluding hydrogens is 500 g/mol. The van der Waals surface area contributed by atoms with Crippen LogP contribution in [0.4, 0.5) is 16.2 Å². The first kappa shape index (κ1) is 26.7. The van der Waals surface area contributed by atoms with Crippen molar-refractivity contribution >= 4 is 40.8 Å². The van der Waals surface area contributed by atoms with Crippen LogP contribution in [0.5, 0.6) is 0 Å². The minimum atomic E-state index is -0.489. The minimum absolute atomic E-state index is 0.0922. The van der Waals surface area contributed by atoms with Crippen molar-refractivity contribution in [1.82, 2.24) is 9.71 Å². The van der Waals surface area contributed by atoms with Gasteiger partial charge in [0.25, 0.3) is 0 Å². The van der Waals surface area contributed by atoms with E-state index in [1.165, 1.54) is 5.56 Å². The van der Waals surface area contributed by atoms with Gasteiger partial charge in [-0.25, -0.2) is 9.78 Å². The Balaban J connectivity index is 1.56. The highest BCUT2D eigenvalue weighted by atomic mass is 32.2. The van der Waals surface area contributed by atoms with Gasteiger partial charge in [-0.15, -0.1) is 11.3 Å². The van der Waals surface area contributed by atoms with Crippen molar-refractivity contribution in [2.45, 2.75) is 44.7 Å². The minimum Gasteiger partial charge on any atom is -0.444 e. The van der Waals surface area contributed by atoms with Crippen LogP contribution in [0.3, 0.4) is 0 Å². The molecule has 1 amide bonds. The molecule has 0 aliphatic rings. The number of ether oxygens (including phenoxy) is 1. The van der Waals surface area contributed by atoms with E-state index in [9.17, 15) is 4.79 Å². The lowest BCUT2D eigenvalue weighted by Gasteiger charge is -2.21. The molecule has 0 bridgehead atoms. The van der Waals surface area contributed by atoms with Gasteiger partial charge in [-0.1, -0.05) is 36.4 Å². The standard InChI is InChI=1S/C29H32N4O2S2/c1-19-15-21(30-5)11-13-23(19)27-31-17-26(36-27)24-14-12-22(16-25(24)37-33-29(2,3)4)32-28(34)35-18-20-9-7-6-8-10-20/h6-17,30,33H,18H2,1-5H3,(H,32,34). The summed E-state index contributed by atoms with van der Waals surface area (Å²) in [5.41, 5.74) is 5.94. The van der Waals surface area contributed by atoms with Crippen molar-refractivity contribution in [3.8, 4) is 21.0 Å². The fourth-order valence-corrected chi connectivity index (χ4v) is 5.56. The Hall–Kier alpha value is -3.33. The molecule has 6 nitrogen and oxygen atoms in total. The first-order chi connectivity index (χ1) is 17.7. The largest absolute Gasteiger partial charge is 0.444 e. The van der Waals surface area contributed by atoms with Gasteiger partial charge in [0.1, 0.15) is 11.6 Å². The number of hydrogen-bond acceptors (Lipinski definition) is 7. The summed E-state index contributed by atoms with van der Waals surface area (Å²) in [7, 11) is 1.92. The summed E-state index contributed by atoms with van der Waals surface area (Å²) in [5.74, 6) is 0. The maximum atomic E-state index is 12.4. The number of amides is 1. The SMILES string of the molecule is CNc1ccc(-c2ncc(-c3ccc(NC(=O)OCc4ccccc4)cc3SNC(C)(C)C)s2)c(C)c1. The lowest BCUT2D eigenvalue weighted by Crippen LogP contribution is -2.29. The van der Waals surface area contributed by atoms with Gasteiger partial charge in [-0.05, 0) is 81.1 Å². The first-order valence-corrected chi connectivity index (χ1v) is 13.7. The number of benzene rings is 3. The molecule has 3 N–H and O–H groups in total. The molecule has 0 saturated carbocycles. The monoisotopic (exact) mass is 532 g/mol. The van der Waals surface area contributed by atoms with Gasteiger partial charge in [0, 0.05) is 46.2 Å². The van der Waals surface area contributed by atoms with Crippen LogP contribution in [0.25, 0.3) is 21.0 Å². The molecule has 1 aromatic heterocycles. The Kier molecular flexibility index (Phi) is 8.53. The van der Waals surface area contributed by atoms with Crippen molar-refractivity contribution in [1.29, 1.82) is 0 Å². The van der Waals surface area contributed by atoms with Crippen molar-refractivity contribution in [3.63, 3.8) is 0 Å². The van der Waals surface area contributed by atoms with Crippen LogP contribution in [0.15, 0.2) is 77.8 Å². The number of nitrogens with zero attached hydrogens (tertiary/aromatic N) is 1. The topological polar surface area (TPSA) is 75.3 Å². The first-order valence-electron chi connectivity index (χ1n) is 12.0. The summed E-state index contributed by atoms with van der Waals surface area (Å²) < 4.78 is 8.88. The molecule has 0 unspecified atom stereocenters. The van der Waals surface area contributed by atoms with E-state index in [1.807, 2.05) is 61.8 Å². The second-order valence-corrected chi connectivity index (χ2v) is 11.5. The molecule has 0 aliphatic heterocycles. The van der Waals surface area contributed by atoms with E-state index in [0.717, 1.165) is 37.2 Å². The zero-order valence-corrected chi connectivity index (χ0v) is 23.3. The Bertz CT molecular complexity index is 1360. The normalized spacial score (nSPS) is 11.3. The molecule has 4 aromatic rings. The van der Waals surface area contributed by atoms with E-state index in [1.54, 1.807) is 23.3 Å². The van der Waals surface area contributed by atoms with Crippen LogP contribution in [-0.2, 0) is 11.3 Å². The molecule has 0 aliphatic carbocycles. The molecular formula is C29H32N4O2S2. The predicted molar refractivity (Wildman–Crippen MR) is 156 cm³/mol. The molecule has 0 fully saturated rings. The van der Waals surface area contributed by atoms with E-state index in [2.05, 4.69) is 61.2 Å². The highest BCUT2D eigenvalue weighted by molar-refractivity contribution is 7.97. The lowest BCUT2D eigenvalue weighted by molar-refractivity contribution is 0.155. The number of anilines is 2. The van der Waals surface area contributed by atoms with E-state index < -0.39 is 6.09 Å². The summed E-state index contributed by atoms with van der Waals surface area (Å²) in [4.78, 5) is 19.2. The average molecular weight is 533 g/mol. The smallest absolute Gasteiger partial charge is 0.411 e. The van der Waals surface area contributed by atoms with E-state index in [0.29, 0.717) is 5.69 Å². The highest BCUT2D eigenvalue weighted by Gasteiger charge is 2.17. The summed E-state index contributed by atoms with van der Waals surface area (Å²) >= 11 is 3.20. The number of carbonyl (C=O) groups excluding carboxylic acids is 1. The fourth-order valence-electron chi connectivity index (χ4n) is 3.56. The maximum Gasteiger partial charge on any atom is 0.411 e. The molecule has 0 radical (unpaired) electrons. The van der Waals surface area contributed by atoms with Crippen molar-refractivity contribution in [2.75, 3.05) is 17.7 Å². The Morgan fingerprint density at radius 3 is 2.43 bits per heavy atom. The van der Waals surface area contributed by atoms with Gasteiger partial charge < -0.3 is 10.1 Å². The highest BCUT2D eigenvalue weighted by Crippen LogP contribution is 2.39. The second-order valence-electron chi connectivity index (χ2n) is 9.66. The third kappa shape index (κ3) is 7.35. The number of aromatic nitrogens is 1. The van der Waals surface area contributed by atoms with Gasteiger partial charge in [-0.3, -0.25) is 10.0 Å². The lowest BCUT2D eigenvalue weighted by atomic mass is 10.1. The van der Waals surface area contributed by atoms with Crippen LogP contribution >= 0.6 is 23.3 Å². The molecule has 1 heterocycles. The van der Waals surface area contributed by atoms with Crippen LogP contribution in [0.1, 0.15) is 31.9 Å². The van der Waals surface area contributed by atoms with Crippen LogP contribution in [0.2, 0.25) is 0 Å². The van der Waals surface area contributed by atoms with Gasteiger partial charge in [0.15, 0.2) is 0 Å². The number of nitrogens with one attached hydrogen (secondary N) is 3. The quantitative estimate of drug-likeness (QED) is 0.200. The average Bonchev–Trinajstić information content (AvgIpc) is 3.36. The molecule has 3 aromatic carbocycles. The third-order valence-corrected chi connectivity index (χ3v) is 7.76. The Labute approximate surface area is 227 Å². The third-order valence-electron chi connectivity index (χ3n) is 5.42. The Morgan fingerprint density at radius 1 is 1.00 bits per heavy atom. The van der Waals surface area contributed by atoms with Crippen molar-refractivity contribution < 1.29 is 9.53 Å². The van der Waals surface area contributed by atoms with Crippen molar-refractivity contribution in [2.24, 2.45) is 0 Å². The molecule has 8 heteroatoms. The zero-order valence-electron chi connectivity index (χ0n) is 21.7. The van der Waals surface area contributed by atoms with Crippen molar-refractivity contribution in [3.05, 3.63) is 84.1 Å². The molecule has 37 heavy (non-hydrogen) atoms. The number of carbonyl (C=O) groups is 1. The molecule has 0 atom stereocenters. The number of aryl methyl sites for hydroxylation is 1. The number of thiazole rings is 1. The number of rotatable bonds is 8. The molecule has 4 rings (SSSR count). The van der Waals surface area contributed by atoms with Gasteiger partial charge in [-0.2, -0.15) is 0 Å². The summed E-state index contributed by atoms with van der Waals surface area (Å²) in [6.07, 6.45) is 1.43. The van der Waals surface area contributed by atoms with E-state index >= 15 is 0 Å². The van der Waals surface area contributed by atoms with Crippen LogP contribution < -0.4 is 15.4 Å². The maximum absolute atomic E-state index is 12.4.